The zero-order valence-electron chi connectivity index (χ0n) is 17.7. The molecule has 1 aliphatic rings. The van der Waals surface area contributed by atoms with Crippen LogP contribution in [0, 0.1) is 5.82 Å². The van der Waals surface area contributed by atoms with Gasteiger partial charge < -0.3 is 14.1 Å². The smallest absolute Gasteiger partial charge is 0.340 e. The van der Waals surface area contributed by atoms with E-state index in [1.54, 1.807) is 12.1 Å². The molecule has 0 saturated heterocycles. The fourth-order valence-electron chi connectivity index (χ4n) is 4.12. The molecule has 4 aromatic rings. The molecule has 6 nitrogen and oxygen atoms in total. The van der Waals surface area contributed by atoms with Gasteiger partial charge in [-0.3, -0.25) is 8.51 Å². The Balaban J connectivity index is 1.69. The summed E-state index contributed by atoms with van der Waals surface area (Å²) in [4.78, 5) is 12.2. The molecule has 3 aromatic carbocycles. The van der Waals surface area contributed by atoms with Crippen LogP contribution in [0.15, 0.2) is 69.6 Å². The Morgan fingerprint density at radius 2 is 1.91 bits per heavy atom. The SMILES string of the molecule is O=C(O)c1c(-c2ccc(F)cc2)oc2cc(N(Cc3cccc(Br)c3)S(=O)[O-])c(C3CC3)cc12. The Labute approximate surface area is 205 Å². The molecule has 5 rings (SSSR count). The van der Waals surface area contributed by atoms with Crippen LogP contribution in [0.5, 0.6) is 0 Å². The van der Waals surface area contributed by atoms with Crippen molar-refractivity contribution >= 4 is 49.8 Å². The zero-order chi connectivity index (χ0) is 24.0. The number of nitrogens with zero attached hydrogens (tertiary/aromatic N) is 1. The highest BCUT2D eigenvalue weighted by Crippen LogP contribution is 2.48. The first-order chi connectivity index (χ1) is 16.3. The van der Waals surface area contributed by atoms with Crippen LogP contribution < -0.4 is 4.31 Å². The maximum absolute atomic E-state index is 13.4. The quantitative estimate of drug-likeness (QED) is 0.273. The Kier molecular flexibility index (Phi) is 6.01. The van der Waals surface area contributed by atoms with E-state index in [4.69, 9.17) is 4.42 Å². The molecule has 1 heterocycles. The van der Waals surface area contributed by atoms with E-state index in [0.717, 1.165) is 28.4 Å². The first kappa shape index (κ1) is 22.8. The summed E-state index contributed by atoms with van der Waals surface area (Å²) < 4.78 is 46.1. The third-order valence-corrected chi connectivity index (χ3v) is 7.02. The van der Waals surface area contributed by atoms with E-state index in [1.165, 1.54) is 28.6 Å². The molecule has 174 valence electrons. The molecule has 1 N–H and O–H groups in total. The number of benzene rings is 3. The highest BCUT2D eigenvalue weighted by molar-refractivity contribution is 9.10. The Morgan fingerprint density at radius 1 is 1.18 bits per heavy atom. The van der Waals surface area contributed by atoms with Crippen LogP contribution in [0.2, 0.25) is 0 Å². The van der Waals surface area contributed by atoms with Gasteiger partial charge in [0.2, 0.25) is 0 Å². The molecule has 0 aliphatic heterocycles. The summed E-state index contributed by atoms with van der Waals surface area (Å²) in [6.07, 6.45) is 1.78. The first-order valence-corrected chi connectivity index (χ1v) is 12.4. The third-order valence-electron chi connectivity index (χ3n) is 5.84. The van der Waals surface area contributed by atoms with E-state index < -0.39 is 23.1 Å². The van der Waals surface area contributed by atoms with Crippen LogP contribution in [0.25, 0.3) is 22.3 Å². The number of halogens is 2. The molecule has 34 heavy (non-hydrogen) atoms. The molecule has 1 aliphatic carbocycles. The standard InChI is InChI=1S/C25H19BrFNO5S/c26-17-3-1-2-14(10-17)13-28(34(31)32)21-12-22-20(11-19(21)15-4-5-15)23(25(29)30)24(33-22)16-6-8-18(27)9-7-16/h1-3,6-12,15H,4-5,13H2,(H,29,30)(H,31,32)/p-1. The monoisotopic (exact) mass is 542 g/mol. The van der Waals surface area contributed by atoms with Crippen molar-refractivity contribution in [1.82, 2.24) is 0 Å². The molecule has 1 unspecified atom stereocenters. The minimum Gasteiger partial charge on any atom is -0.755 e. The summed E-state index contributed by atoms with van der Waals surface area (Å²) in [5, 5.41) is 10.3. The molecule has 0 spiro atoms. The van der Waals surface area contributed by atoms with Crippen molar-refractivity contribution in [1.29, 1.82) is 0 Å². The average Bonchev–Trinajstić information content (AvgIpc) is 3.57. The number of furan rings is 1. The zero-order valence-corrected chi connectivity index (χ0v) is 20.1. The minimum absolute atomic E-state index is 0.0307. The number of carboxylic acids is 1. The fraction of sp³-hybridized carbons (Fsp3) is 0.160. The average molecular weight is 543 g/mol. The summed E-state index contributed by atoms with van der Waals surface area (Å²) in [7, 11) is 0. The van der Waals surface area contributed by atoms with Gasteiger partial charge in [-0.05, 0) is 72.4 Å². The van der Waals surface area contributed by atoms with Gasteiger partial charge in [-0.25, -0.2) is 9.18 Å². The van der Waals surface area contributed by atoms with Crippen LogP contribution in [-0.2, 0) is 17.8 Å². The lowest BCUT2D eigenvalue weighted by molar-refractivity contribution is 0.0699. The second kappa shape index (κ2) is 8.98. The minimum atomic E-state index is -2.58. The van der Waals surface area contributed by atoms with Crippen molar-refractivity contribution in [2.24, 2.45) is 0 Å². The number of anilines is 1. The predicted molar refractivity (Wildman–Crippen MR) is 130 cm³/mol. The molecule has 9 heteroatoms. The van der Waals surface area contributed by atoms with Crippen molar-refractivity contribution in [3.05, 3.63) is 87.6 Å². The molecule has 1 fully saturated rings. The molecular weight excluding hydrogens is 525 g/mol. The van der Waals surface area contributed by atoms with E-state index in [9.17, 15) is 23.1 Å². The number of hydrogen-bond acceptors (Lipinski definition) is 4. The molecule has 1 atom stereocenters. The number of aromatic carboxylic acids is 1. The lowest BCUT2D eigenvalue weighted by atomic mass is 10.0. The maximum Gasteiger partial charge on any atom is 0.340 e. The molecular formula is C25H18BrFNO5S-. The van der Waals surface area contributed by atoms with E-state index in [-0.39, 0.29) is 29.4 Å². The van der Waals surface area contributed by atoms with E-state index in [0.29, 0.717) is 16.6 Å². The van der Waals surface area contributed by atoms with Gasteiger partial charge in [-0.2, -0.15) is 0 Å². The first-order valence-electron chi connectivity index (χ1n) is 10.5. The fourth-order valence-corrected chi connectivity index (χ4v) is 5.14. The second-order valence-corrected chi connectivity index (χ2v) is 9.97. The Bertz CT molecular complexity index is 1430. The third kappa shape index (κ3) is 4.38. The van der Waals surface area contributed by atoms with Gasteiger partial charge in [0, 0.05) is 32.8 Å². The van der Waals surface area contributed by atoms with Gasteiger partial charge in [0.15, 0.2) is 0 Å². The molecule has 1 saturated carbocycles. The second-order valence-electron chi connectivity index (χ2n) is 8.18. The topological polar surface area (TPSA) is 93.8 Å². The molecule has 0 bridgehead atoms. The molecule has 1 aromatic heterocycles. The van der Waals surface area contributed by atoms with Gasteiger partial charge in [-0.1, -0.05) is 28.1 Å². The summed E-state index contributed by atoms with van der Waals surface area (Å²) >= 11 is 0.829. The number of carbonyl (C=O) groups is 1. The molecule has 0 radical (unpaired) electrons. The van der Waals surface area contributed by atoms with Gasteiger partial charge in [0.1, 0.15) is 22.7 Å². The van der Waals surface area contributed by atoms with Crippen molar-refractivity contribution < 1.29 is 27.5 Å². The largest absolute Gasteiger partial charge is 0.755 e. The number of carboxylic acid groups (broad SMARTS) is 1. The molecule has 0 amide bonds. The van der Waals surface area contributed by atoms with Crippen LogP contribution >= 0.6 is 15.9 Å². The summed E-state index contributed by atoms with van der Waals surface area (Å²) in [5.41, 5.74) is 2.65. The number of rotatable bonds is 7. The predicted octanol–water partition coefficient (Wildman–Crippen LogP) is 6.38. The maximum atomic E-state index is 13.4. The number of fused-ring (bicyclic) bond motifs is 1. The van der Waals surface area contributed by atoms with Crippen molar-refractivity contribution in [3.8, 4) is 11.3 Å². The van der Waals surface area contributed by atoms with Crippen molar-refractivity contribution in [2.45, 2.75) is 25.3 Å². The lowest BCUT2D eigenvalue weighted by Gasteiger charge is -2.29. The van der Waals surface area contributed by atoms with E-state index in [2.05, 4.69) is 15.9 Å². The van der Waals surface area contributed by atoms with Crippen LogP contribution in [0.4, 0.5) is 10.1 Å². The van der Waals surface area contributed by atoms with Crippen molar-refractivity contribution in [3.63, 3.8) is 0 Å². The Hall–Kier alpha value is -3.01. The normalized spacial score (nSPS) is 14.3. The van der Waals surface area contributed by atoms with Crippen LogP contribution in [-0.4, -0.2) is 19.8 Å². The number of hydrogen-bond donors (Lipinski definition) is 1. The van der Waals surface area contributed by atoms with Gasteiger partial charge >= 0.3 is 5.97 Å². The summed E-state index contributed by atoms with van der Waals surface area (Å²) in [6.45, 7) is 0.109. The van der Waals surface area contributed by atoms with Crippen LogP contribution in [0.1, 0.15) is 40.2 Å². The summed E-state index contributed by atoms with van der Waals surface area (Å²) in [5.74, 6) is -1.39. The van der Waals surface area contributed by atoms with E-state index in [1.807, 2.05) is 24.3 Å². The lowest BCUT2D eigenvalue weighted by Crippen LogP contribution is -2.26. The summed E-state index contributed by atoms with van der Waals surface area (Å²) in [6, 6.07) is 16.1. The van der Waals surface area contributed by atoms with Gasteiger partial charge in [0.25, 0.3) is 0 Å². The van der Waals surface area contributed by atoms with Gasteiger partial charge in [-0.15, -0.1) is 0 Å². The highest BCUT2D eigenvalue weighted by atomic mass is 79.9. The van der Waals surface area contributed by atoms with Crippen LogP contribution in [0.3, 0.4) is 0 Å². The van der Waals surface area contributed by atoms with Crippen molar-refractivity contribution in [2.75, 3.05) is 4.31 Å². The van der Waals surface area contributed by atoms with E-state index >= 15 is 0 Å². The van der Waals surface area contributed by atoms with Gasteiger partial charge in [0.05, 0.1) is 12.2 Å². The Morgan fingerprint density at radius 3 is 2.53 bits per heavy atom. The highest BCUT2D eigenvalue weighted by Gasteiger charge is 2.31.